The standard InChI is InChI=1S/2C29H25.C12H9Si.2ClH.Zr/c2*1-2-3-10-21-19-23-13-9-18-28(29(23)20-21)27-16-7-6-15-26(27)25-17-8-12-22-11-4-5-14-24(22)25;1-3-7-11-9(5-1)10-6-2-4-8-12(10)13-11;;;/h2*4-9,11-20H,2-3,10H2,1H3;1-7H,13H2;2*1H;/q;;;;;+2/p-2. The van der Waals surface area contributed by atoms with E-state index in [2.05, 4.69) is 238 Å². The summed E-state index contributed by atoms with van der Waals surface area (Å²) in [6, 6.07) is 79.4. The molecule has 74 heavy (non-hydrogen) atoms. The van der Waals surface area contributed by atoms with Crippen LogP contribution < -0.4 is 13.6 Å². The molecule has 2 unspecified atom stereocenters. The Morgan fingerprint density at radius 3 is 1.27 bits per heavy atom. The number of halogens is 2. The van der Waals surface area contributed by atoms with Crippen molar-refractivity contribution in [3.63, 3.8) is 0 Å². The quantitative estimate of drug-likeness (QED) is 0.101. The van der Waals surface area contributed by atoms with Crippen molar-refractivity contribution < 1.29 is 16.4 Å². The summed E-state index contributed by atoms with van der Waals surface area (Å²) < 4.78 is 0.990. The summed E-state index contributed by atoms with van der Waals surface area (Å²) in [6.45, 7) is 4.64. The number of hydrogen-bond donors (Lipinski definition) is 0. The van der Waals surface area contributed by atoms with Crippen LogP contribution in [0.1, 0.15) is 81.9 Å². The van der Waals surface area contributed by atoms with Gasteiger partial charge in [-0.15, -0.1) is 0 Å². The van der Waals surface area contributed by atoms with E-state index in [1.165, 1.54) is 124 Å². The second-order valence-electron chi connectivity index (χ2n) is 21.1. The van der Waals surface area contributed by atoms with Gasteiger partial charge in [0.15, 0.2) is 0 Å². The molecule has 0 aromatic heterocycles. The third-order valence-corrected chi connectivity index (χ3v) is 39.8. The Morgan fingerprint density at radius 2 is 0.757 bits per heavy atom. The van der Waals surface area contributed by atoms with Crippen molar-refractivity contribution >= 4 is 73.9 Å². The van der Waals surface area contributed by atoms with Crippen LogP contribution in [0.2, 0.25) is 0 Å². The first kappa shape index (κ1) is 47.6. The zero-order valence-corrected chi connectivity index (χ0v) is 47.6. The van der Waals surface area contributed by atoms with Crippen LogP contribution in [-0.2, 0) is 16.4 Å². The molecule has 1 heterocycles. The normalized spacial score (nSPS) is 16.4. The van der Waals surface area contributed by atoms with Gasteiger partial charge < -0.3 is 0 Å². The van der Waals surface area contributed by atoms with E-state index < -0.39 is 25.9 Å². The Hall–Kier alpha value is -6.12. The van der Waals surface area contributed by atoms with Gasteiger partial charge in [-0.05, 0) is 0 Å². The summed E-state index contributed by atoms with van der Waals surface area (Å²) in [4.78, 5) is 0. The Morgan fingerprint density at radius 1 is 0.378 bits per heavy atom. The summed E-state index contributed by atoms with van der Waals surface area (Å²) in [7, 11) is 18.4. The third kappa shape index (κ3) is 7.61. The molecule has 3 aliphatic rings. The Labute approximate surface area is 447 Å². The van der Waals surface area contributed by atoms with Gasteiger partial charge in [0.05, 0.1) is 0 Å². The van der Waals surface area contributed by atoms with E-state index in [9.17, 15) is 17.0 Å². The monoisotopic (exact) mass is 1090 g/mol. The van der Waals surface area contributed by atoms with Crippen molar-refractivity contribution in [2.75, 3.05) is 0 Å². The van der Waals surface area contributed by atoms with Crippen LogP contribution in [0.4, 0.5) is 0 Å². The van der Waals surface area contributed by atoms with Gasteiger partial charge in [0.2, 0.25) is 0 Å². The molecule has 0 bridgehead atoms. The second-order valence-corrected chi connectivity index (χ2v) is 43.5. The van der Waals surface area contributed by atoms with E-state index >= 15 is 0 Å². The van der Waals surface area contributed by atoms with Gasteiger partial charge >= 0.3 is 451 Å². The Kier molecular flexibility index (Phi) is 12.4. The van der Waals surface area contributed by atoms with Gasteiger partial charge in [-0.25, -0.2) is 0 Å². The maximum absolute atomic E-state index is 9.66. The number of benzene rings is 10. The number of hydrogen-bond acceptors (Lipinski definition) is 0. The van der Waals surface area contributed by atoms with Crippen LogP contribution in [0.5, 0.6) is 0 Å². The molecule has 1 aliphatic heterocycles. The molecular weight excluding hydrogens is 1030 g/mol. The summed E-state index contributed by atoms with van der Waals surface area (Å²) >= 11 is -5.84. The third-order valence-electron chi connectivity index (χ3n) is 17.0. The van der Waals surface area contributed by atoms with Gasteiger partial charge in [-0.1, -0.05) is 0 Å². The van der Waals surface area contributed by atoms with E-state index in [1.54, 1.807) is 0 Å². The van der Waals surface area contributed by atoms with E-state index in [1.807, 2.05) is 0 Å². The Bertz CT molecular complexity index is 3720. The van der Waals surface area contributed by atoms with Crippen molar-refractivity contribution in [1.29, 1.82) is 0 Å². The number of fused-ring (bicyclic) bond motifs is 7. The van der Waals surface area contributed by atoms with Gasteiger partial charge in [-0.3, -0.25) is 0 Å². The van der Waals surface area contributed by atoms with Crippen LogP contribution >= 0.6 is 17.0 Å². The van der Waals surface area contributed by atoms with Crippen molar-refractivity contribution in [3.05, 3.63) is 246 Å². The SMILES string of the molecule is CCCCC1=Cc2c(-c3ccccc3-c3cccc4ccccc34)cccc2[CH]1[Zr]([Cl])([Cl])([c]1cccc2c1[SiH2]c1ccccc1-2)[CH]1C(CCCC)=Cc2c(-c3ccccc3-c3cccc4ccccc34)cccc21. The molecule has 0 radical (unpaired) electrons. The number of unbranched alkanes of at least 4 members (excludes halogenated alkanes) is 2. The molecule has 2 aliphatic carbocycles. The molecule has 0 N–H and O–H groups in total. The molecule has 0 amide bonds. The van der Waals surface area contributed by atoms with Crippen molar-refractivity contribution in [3.8, 4) is 55.6 Å². The van der Waals surface area contributed by atoms with E-state index in [-0.39, 0.29) is 7.25 Å². The summed E-state index contributed by atoms with van der Waals surface area (Å²) in [5, 5.41) is 7.96. The summed E-state index contributed by atoms with van der Waals surface area (Å²) in [5.41, 5.74) is 20.6. The van der Waals surface area contributed by atoms with E-state index in [4.69, 9.17) is 0 Å². The predicted molar refractivity (Wildman–Crippen MR) is 321 cm³/mol. The average Bonchev–Trinajstić information content (AvgIpc) is 4.17. The minimum atomic E-state index is -5.84. The van der Waals surface area contributed by atoms with Gasteiger partial charge in [0.1, 0.15) is 0 Å². The molecular formula is C70H59Cl2SiZr. The first-order chi connectivity index (χ1) is 36.3. The molecule has 10 aromatic rings. The van der Waals surface area contributed by atoms with Gasteiger partial charge in [0, 0.05) is 0 Å². The predicted octanol–water partition coefficient (Wildman–Crippen LogP) is 18.0. The molecule has 0 spiro atoms. The van der Waals surface area contributed by atoms with Crippen LogP contribution in [-0.4, -0.2) is 9.52 Å². The van der Waals surface area contributed by atoms with Crippen LogP contribution in [0, 0.1) is 0 Å². The van der Waals surface area contributed by atoms with Crippen LogP contribution in [0.15, 0.2) is 223 Å². The number of rotatable bonds is 13. The molecule has 2 atom stereocenters. The maximum atomic E-state index is 9.66. The second kappa shape index (κ2) is 19.2. The first-order valence-electron chi connectivity index (χ1n) is 26.9. The van der Waals surface area contributed by atoms with Crippen molar-refractivity contribution in [2.45, 2.75) is 59.6 Å². The van der Waals surface area contributed by atoms with Crippen LogP contribution in [0.25, 0.3) is 89.3 Å². The minimum absolute atomic E-state index is 0.150. The van der Waals surface area contributed by atoms with E-state index in [0.29, 0.717) is 0 Å². The molecule has 13 rings (SSSR count). The molecule has 0 saturated heterocycles. The zero-order valence-electron chi connectivity index (χ0n) is 42.2. The van der Waals surface area contributed by atoms with Crippen molar-refractivity contribution in [2.24, 2.45) is 0 Å². The molecule has 4 heteroatoms. The zero-order chi connectivity index (χ0) is 50.0. The van der Waals surface area contributed by atoms with E-state index in [0.717, 1.165) is 38.5 Å². The van der Waals surface area contributed by atoms with Gasteiger partial charge in [0.25, 0.3) is 0 Å². The average molecular weight is 1090 g/mol. The molecule has 0 nitrogen and oxygen atoms in total. The molecule has 361 valence electrons. The Balaban J connectivity index is 1.07. The summed E-state index contributed by atoms with van der Waals surface area (Å²) in [5.74, 6) is 0. The summed E-state index contributed by atoms with van der Waals surface area (Å²) in [6.07, 6.45) is 11.3. The fourth-order valence-electron chi connectivity index (χ4n) is 13.8. The van der Waals surface area contributed by atoms with Crippen LogP contribution in [0.3, 0.4) is 0 Å². The molecule has 10 aromatic carbocycles. The fourth-order valence-corrected chi connectivity index (χ4v) is 41.7. The topological polar surface area (TPSA) is 0 Å². The van der Waals surface area contributed by atoms with Crippen molar-refractivity contribution in [1.82, 2.24) is 0 Å². The fraction of sp³-hybridized carbons (Fsp3) is 0.143. The number of allylic oxidation sites excluding steroid dienone is 2. The molecule has 0 fully saturated rings. The van der Waals surface area contributed by atoms with Gasteiger partial charge in [-0.2, -0.15) is 0 Å². The first-order valence-corrected chi connectivity index (χ1v) is 38.8. The molecule has 0 saturated carbocycles.